The molecule has 0 aliphatic heterocycles. The minimum atomic E-state index is 0.842. The topological polar surface area (TPSA) is 37.4 Å². The van der Waals surface area contributed by atoms with Crippen LogP contribution < -0.4 is 15.0 Å². The summed E-state index contributed by atoms with van der Waals surface area (Å²) in [6.07, 6.45) is 1.08. The Bertz CT molecular complexity index is 557. The molecule has 1 aromatic carbocycles. The van der Waals surface area contributed by atoms with Gasteiger partial charge in [0.25, 0.3) is 0 Å². The number of hydrogen-bond acceptors (Lipinski definition) is 4. The van der Waals surface area contributed by atoms with E-state index in [1.807, 2.05) is 54.4 Å². The Labute approximate surface area is 120 Å². The number of nitrogens with zero attached hydrogens (tertiary/aromatic N) is 2. The Balaban J connectivity index is 2.21. The van der Waals surface area contributed by atoms with Gasteiger partial charge in [0, 0.05) is 25.3 Å². The second kappa shape index (κ2) is 6.80. The summed E-state index contributed by atoms with van der Waals surface area (Å²) in [7, 11) is 3.67. The first-order chi connectivity index (χ1) is 9.74. The first-order valence-electron chi connectivity index (χ1n) is 6.83. The van der Waals surface area contributed by atoms with Gasteiger partial charge < -0.3 is 15.0 Å². The maximum Gasteiger partial charge on any atom is 0.135 e. The lowest BCUT2D eigenvalue weighted by molar-refractivity contribution is 0.415. The van der Waals surface area contributed by atoms with Crippen LogP contribution in [0.25, 0.3) is 0 Å². The Morgan fingerprint density at radius 2 is 2.00 bits per heavy atom. The molecule has 0 spiro atoms. The predicted octanol–water partition coefficient (Wildman–Crippen LogP) is 3.68. The molecule has 0 unspecified atom stereocenters. The Morgan fingerprint density at radius 1 is 1.20 bits per heavy atom. The normalized spacial score (nSPS) is 10.2. The van der Waals surface area contributed by atoms with Gasteiger partial charge in [0.1, 0.15) is 17.4 Å². The monoisotopic (exact) mass is 271 g/mol. The molecule has 106 valence electrons. The second-order valence-electron chi connectivity index (χ2n) is 4.57. The van der Waals surface area contributed by atoms with Crippen LogP contribution in [0, 0.1) is 0 Å². The van der Waals surface area contributed by atoms with E-state index in [9.17, 15) is 0 Å². The number of rotatable bonds is 6. The zero-order valence-corrected chi connectivity index (χ0v) is 12.3. The van der Waals surface area contributed by atoms with Crippen LogP contribution in [0.1, 0.15) is 13.3 Å². The number of ether oxygens (including phenoxy) is 1. The highest BCUT2D eigenvalue weighted by atomic mass is 16.5. The zero-order valence-electron chi connectivity index (χ0n) is 12.3. The summed E-state index contributed by atoms with van der Waals surface area (Å²) in [5.74, 6) is 2.65. The lowest BCUT2D eigenvalue weighted by Crippen LogP contribution is -2.12. The fourth-order valence-corrected chi connectivity index (χ4v) is 1.91. The molecule has 20 heavy (non-hydrogen) atoms. The summed E-state index contributed by atoms with van der Waals surface area (Å²) in [4.78, 5) is 6.66. The molecule has 2 rings (SSSR count). The maximum absolute atomic E-state index is 5.26. The molecule has 4 heteroatoms. The molecule has 0 fully saturated rings. The van der Waals surface area contributed by atoms with E-state index >= 15 is 0 Å². The number of methoxy groups -OCH3 is 1. The average Bonchev–Trinajstić information content (AvgIpc) is 2.52. The highest BCUT2D eigenvalue weighted by Crippen LogP contribution is 2.26. The highest BCUT2D eigenvalue weighted by Gasteiger charge is 2.07. The molecular weight excluding hydrogens is 250 g/mol. The molecule has 0 saturated heterocycles. The Hall–Kier alpha value is -2.23. The molecule has 0 amide bonds. The summed E-state index contributed by atoms with van der Waals surface area (Å²) in [5.41, 5.74) is 1.05. The van der Waals surface area contributed by atoms with Crippen LogP contribution in [-0.4, -0.2) is 25.7 Å². The molecule has 0 radical (unpaired) electrons. The number of benzene rings is 1. The van der Waals surface area contributed by atoms with Crippen molar-refractivity contribution in [1.82, 2.24) is 4.98 Å². The maximum atomic E-state index is 5.26. The van der Waals surface area contributed by atoms with E-state index in [0.717, 1.165) is 36.0 Å². The number of aromatic nitrogens is 1. The fourth-order valence-electron chi connectivity index (χ4n) is 1.91. The quantitative estimate of drug-likeness (QED) is 0.869. The third kappa shape index (κ3) is 3.41. The molecule has 4 nitrogen and oxygen atoms in total. The molecule has 0 atom stereocenters. The molecule has 0 aliphatic rings. The minimum Gasteiger partial charge on any atom is -0.497 e. The molecule has 2 aromatic rings. The summed E-state index contributed by atoms with van der Waals surface area (Å²) in [6, 6.07) is 13.9. The van der Waals surface area contributed by atoms with Gasteiger partial charge in [-0.05, 0) is 30.7 Å². The third-order valence-corrected chi connectivity index (χ3v) is 3.07. The molecule has 0 aliphatic carbocycles. The van der Waals surface area contributed by atoms with Crippen molar-refractivity contribution in [2.24, 2.45) is 0 Å². The van der Waals surface area contributed by atoms with Gasteiger partial charge in [0.05, 0.1) is 7.11 Å². The van der Waals surface area contributed by atoms with Crippen molar-refractivity contribution in [2.75, 3.05) is 30.9 Å². The van der Waals surface area contributed by atoms with Gasteiger partial charge in [0.2, 0.25) is 0 Å². The van der Waals surface area contributed by atoms with Crippen molar-refractivity contribution in [3.05, 3.63) is 42.5 Å². The van der Waals surface area contributed by atoms with Crippen molar-refractivity contribution in [3.63, 3.8) is 0 Å². The smallest absolute Gasteiger partial charge is 0.135 e. The molecule has 1 heterocycles. The van der Waals surface area contributed by atoms with Crippen LogP contribution >= 0.6 is 0 Å². The van der Waals surface area contributed by atoms with Crippen LogP contribution in [0.4, 0.5) is 17.3 Å². The van der Waals surface area contributed by atoms with E-state index in [1.54, 1.807) is 7.11 Å². The van der Waals surface area contributed by atoms with Gasteiger partial charge in [0.15, 0.2) is 0 Å². The molecular formula is C16H21N3O. The average molecular weight is 271 g/mol. The molecule has 0 bridgehead atoms. The van der Waals surface area contributed by atoms with Gasteiger partial charge >= 0.3 is 0 Å². The second-order valence-corrected chi connectivity index (χ2v) is 4.57. The SMILES string of the molecule is CCCNc1cccc(N(C)c2cccc(OC)c2)n1. The summed E-state index contributed by atoms with van der Waals surface area (Å²) in [5, 5.41) is 3.30. The number of hydrogen-bond donors (Lipinski definition) is 1. The van der Waals surface area contributed by atoms with Crippen molar-refractivity contribution >= 4 is 17.3 Å². The summed E-state index contributed by atoms with van der Waals surface area (Å²) < 4.78 is 5.26. The summed E-state index contributed by atoms with van der Waals surface area (Å²) >= 11 is 0. The van der Waals surface area contributed by atoms with Gasteiger partial charge in [-0.2, -0.15) is 0 Å². The first kappa shape index (κ1) is 14.2. The fraction of sp³-hybridized carbons (Fsp3) is 0.312. The Morgan fingerprint density at radius 3 is 2.75 bits per heavy atom. The predicted molar refractivity (Wildman–Crippen MR) is 84.1 cm³/mol. The van der Waals surface area contributed by atoms with E-state index in [0.29, 0.717) is 0 Å². The lowest BCUT2D eigenvalue weighted by atomic mass is 10.2. The van der Waals surface area contributed by atoms with Crippen LogP contribution in [0.15, 0.2) is 42.5 Å². The van der Waals surface area contributed by atoms with Gasteiger partial charge in [-0.25, -0.2) is 4.98 Å². The highest BCUT2D eigenvalue weighted by molar-refractivity contribution is 5.62. The van der Waals surface area contributed by atoms with Crippen molar-refractivity contribution in [2.45, 2.75) is 13.3 Å². The van der Waals surface area contributed by atoms with E-state index in [1.165, 1.54) is 0 Å². The Kier molecular flexibility index (Phi) is 4.82. The molecule has 1 N–H and O–H groups in total. The van der Waals surface area contributed by atoms with Crippen molar-refractivity contribution < 1.29 is 4.74 Å². The van der Waals surface area contributed by atoms with Crippen LogP contribution in [-0.2, 0) is 0 Å². The zero-order chi connectivity index (χ0) is 14.4. The molecule has 1 aromatic heterocycles. The minimum absolute atomic E-state index is 0.842. The third-order valence-electron chi connectivity index (χ3n) is 3.07. The van der Waals surface area contributed by atoms with Crippen LogP contribution in [0.3, 0.4) is 0 Å². The summed E-state index contributed by atoms with van der Waals surface area (Å²) in [6.45, 7) is 3.07. The molecule has 0 saturated carbocycles. The first-order valence-corrected chi connectivity index (χ1v) is 6.83. The van der Waals surface area contributed by atoms with E-state index in [-0.39, 0.29) is 0 Å². The van der Waals surface area contributed by atoms with Crippen LogP contribution in [0.2, 0.25) is 0 Å². The number of pyridine rings is 1. The largest absolute Gasteiger partial charge is 0.497 e. The van der Waals surface area contributed by atoms with E-state index in [4.69, 9.17) is 4.74 Å². The van der Waals surface area contributed by atoms with Crippen LogP contribution in [0.5, 0.6) is 5.75 Å². The van der Waals surface area contributed by atoms with Gasteiger partial charge in [-0.1, -0.05) is 19.1 Å². The van der Waals surface area contributed by atoms with Crippen molar-refractivity contribution in [1.29, 1.82) is 0 Å². The van der Waals surface area contributed by atoms with Gasteiger partial charge in [-0.3, -0.25) is 0 Å². The van der Waals surface area contributed by atoms with Crippen molar-refractivity contribution in [3.8, 4) is 5.75 Å². The van der Waals surface area contributed by atoms with Gasteiger partial charge in [-0.15, -0.1) is 0 Å². The number of nitrogens with one attached hydrogen (secondary N) is 1. The van der Waals surface area contributed by atoms with E-state index in [2.05, 4.69) is 17.2 Å². The lowest BCUT2D eigenvalue weighted by Gasteiger charge is -2.19. The number of anilines is 3. The standard InChI is InChI=1S/C16H21N3O/c1-4-11-17-15-9-6-10-16(18-15)19(2)13-7-5-8-14(12-13)20-3/h5-10,12H,4,11H2,1-3H3,(H,17,18). The van der Waals surface area contributed by atoms with E-state index < -0.39 is 0 Å².